The summed E-state index contributed by atoms with van der Waals surface area (Å²) in [6.07, 6.45) is 0. The van der Waals surface area contributed by atoms with Crippen molar-refractivity contribution in [2.24, 2.45) is 5.92 Å². The first kappa shape index (κ1) is 24.1. The normalized spacial score (nSPS) is 22.2. The highest BCUT2D eigenvalue weighted by Gasteiger charge is 2.59. The zero-order valence-electron chi connectivity index (χ0n) is 21.2. The minimum Gasteiger partial charge on any atom is -0.490 e. The van der Waals surface area contributed by atoms with Crippen LogP contribution in [0, 0.1) is 26.7 Å². The van der Waals surface area contributed by atoms with Gasteiger partial charge in [-0.3, -0.25) is 9.69 Å². The molecule has 5 rings (SSSR count). The molecule has 36 heavy (non-hydrogen) atoms. The predicted octanol–water partition coefficient (Wildman–Crippen LogP) is 5.81. The number of hydrogen-bond donors (Lipinski definition) is 2. The van der Waals surface area contributed by atoms with Crippen molar-refractivity contribution >= 4 is 34.6 Å². The number of rotatable bonds is 5. The smallest absolute Gasteiger partial charge is 0.236 e. The topological polar surface area (TPSA) is 62.8 Å². The number of nitrogens with zero attached hydrogens (tertiary/aromatic N) is 1. The fourth-order valence-corrected chi connectivity index (χ4v) is 5.70. The third kappa shape index (κ3) is 3.97. The molecule has 0 spiro atoms. The van der Waals surface area contributed by atoms with Gasteiger partial charge in [-0.15, -0.1) is 0 Å². The van der Waals surface area contributed by atoms with E-state index in [4.69, 9.17) is 21.7 Å². The van der Waals surface area contributed by atoms with E-state index in [2.05, 4.69) is 16.7 Å². The number of fused-ring (bicyclic) bond motifs is 4. The Morgan fingerprint density at radius 3 is 2.53 bits per heavy atom. The van der Waals surface area contributed by atoms with Gasteiger partial charge >= 0.3 is 0 Å². The van der Waals surface area contributed by atoms with Gasteiger partial charge in [0.25, 0.3) is 0 Å². The minimum atomic E-state index is -1.11. The fraction of sp³-hybridized carbons (Fsp3) is 0.310. The molecule has 0 radical (unpaired) electrons. The van der Waals surface area contributed by atoms with Gasteiger partial charge in [0, 0.05) is 16.9 Å². The number of thiocarbonyl (C=S) groups is 1. The first-order chi connectivity index (χ1) is 17.2. The number of benzene rings is 3. The summed E-state index contributed by atoms with van der Waals surface area (Å²) in [6, 6.07) is 19.5. The molecule has 1 saturated heterocycles. The molecule has 2 N–H and O–H groups in total. The zero-order valence-corrected chi connectivity index (χ0v) is 22.0. The number of carbonyl (C=O) groups is 1. The number of aryl methyl sites for hydroxylation is 3. The number of ether oxygens (including phenoxy) is 2. The summed E-state index contributed by atoms with van der Waals surface area (Å²) >= 11 is 5.86. The largest absolute Gasteiger partial charge is 0.490 e. The van der Waals surface area contributed by atoms with Crippen LogP contribution in [0.1, 0.15) is 42.1 Å². The second-order valence-electron chi connectivity index (χ2n) is 9.65. The summed E-state index contributed by atoms with van der Waals surface area (Å²) < 4.78 is 12.7. The van der Waals surface area contributed by atoms with Crippen LogP contribution in [0.2, 0.25) is 0 Å². The van der Waals surface area contributed by atoms with Gasteiger partial charge < -0.3 is 20.1 Å². The Balaban J connectivity index is 1.64. The van der Waals surface area contributed by atoms with Gasteiger partial charge in [0.15, 0.2) is 22.3 Å². The molecule has 0 aliphatic carbocycles. The van der Waals surface area contributed by atoms with E-state index in [1.807, 2.05) is 94.1 Å². The molecule has 6 nitrogen and oxygen atoms in total. The summed E-state index contributed by atoms with van der Waals surface area (Å²) in [4.78, 5) is 16.0. The van der Waals surface area contributed by atoms with Gasteiger partial charge in [0.1, 0.15) is 5.92 Å². The van der Waals surface area contributed by atoms with Crippen molar-refractivity contribution < 1.29 is 14.3 Å². The Morgan fingerprint density at radius 1 is 1.11 bits per heavy atom. The highest BCUT2D eigenvalue weighted by molar-refractivity contribution is 7.80. The van der Waals surface area contributed by atoms with Gasteiger partial charge in [-0.05, 0) is 76.7 Å². The summed E-state index contributed by atoms with van der Waals surface area (Å²) in [6.45, 7) is 10.5. The number of para-hydroxylation sites is 1. The van der Waals surface area contributed by atoms with Crippen molar-refractivity contribution in [3.63, 3.8) is 0 Å². The predicted molar refractivity (Wildman–Crippen MR) is 147 cm³/mol. The average molecular weight is 502 g/mol. The van der Waals surface area contributed by atoms with Crippen molar-refractivity contribution in [1.82, 2.24) is 5.32 Å². The minimum absolute atomic E-state index is 0.144. The Morgan fingerprint density at radius 2 is 1.83 bits per heavy atom. The highest BCUT2D eigenvalue weighted by atomic mass is 32.1. The van der Waals surface area contributed by atoms with Crippen LogP contribution in [0.15, 0.2) is 60.7 Å². The molecule has 1 amide bonds. The molecule has 0 saturated carbocycles. The first-order valence-electron chi connectivity index (χ1n) is 12.2. The lowest BCUT2D eigenvalue weighted by Crippen LogP contribution is -2.72. The molecule has 3 aromatic rings. The Hall–Kier alpha value is -3.58. The van der Waals surface area contributed by atoms with Crippen LogP contribution in [0.5, 0.6) is 11.5 Å². The SMILES string of the molecule is CCOc1cccc2c1O[C@]1(C)[C@@H](C(=O)Nc3ccc(C)cc3C)[C@@H]2NC(=S)N1c1ccc(C)cc1. The maximum Gasteiger partial charge on any atom is 0.236 e. The maximum absolute atomic E-state index is 14.0. The van der Waals surface area contributed by atoms with Gasteiger partial charge in [-0.1, -0.05) is 47.5 Å². The molecule has 1 fully saturated rings. The van der Waals surface area contributed by atoms with Crippen LogP contribution in [0.3, 0.4) is 0 Å². The molecular weight excluding hydrogens is 470 g/mol. The van der Waals surface area contributed by atoms with Crippen molar-refractivity contribution in [3.8, 4) is 11.5 Å². The summed E-state index contributed by atoms with van der Waals surface area (Å²) in [5, 5.41) is 7.14. The van der Waals surface area contributed by atoms with E-state index in [1.165, 1.54) is 0 Å². The van der Waals surface area contributed by atoms with Crippen LogP contribution in [0.4, 0.5) is 11.4 Å². The number of amides is 1. The van der Waals surface area contributed by atoms with E-state index in [-0.39, 0.29) is 11.9 Å². The molecule has 0 unspecified atom stereocenters. The Bertz CT molecular complexity index is 1340. The molecule has 0 aromatic heterocycles. The van der Waals surface area contributed by atoms with Crippen LogP contribution in [0.25, 0.3) is 0 Å². The van der Waals surface area contributed by atoms with E-state index in [0.717, 1.165) is 33.6 Å². The van der Waals surface area contributed by atoms with E-state index in [0.29, 0.717) is 23.2 Å². The molecule has 2 aliphatic heterocycles. The lowest BCUT2D eigenvalue weighted by molar-refractivity contribution is -0.130. The highest BCUT2D eigenvalue weighted by Crippen LogP contribution is 2.52. The molecule has 3 aromatic carbocycles. The maximum atomic E-state index is 14.0. The van der Waals surface area contributed by atoms with Gasteiger partial charge in [-0.25, -0.2) is 0 Å². The van der Waals surface area contributed by atoms with Gasteiger partial charge in [-0.2, -0.15) is 0 Å². The second-order valence-corrected chi connectivity index (χ2v) is 10.0. The quantitative estimate of drug-likeness (QED) is 0.430. The Labute approximate surface area is 217 Å². The first-order valence-corrected chi connectivity index (χ1v) is 12.6. The van der Waals surface area contributed by atoms with Crippen molar-refractivity contribution in [1.29, 1.82) is 0 Å². The Kier molecular flexibility index (Phi) is 6.12. The van der Waals surface area contributed by atoms with E-state index >= 15 is 0 Å². The monoisotopic (exact) mass is 501 g/mol. The summed E-state index contributed by atoms with van der Waals surface area (Å²) in [5.74, 6) is 0.525. The second kappa shape index (κ2) is 9.13. The third-order valence-corrected chi connectivity index (χ3v) is 7.30. The molecule has 7 heteroatoms. The third-order valence-electron chi connectivity index (χ3n) is 7.00. The summed E-state index contributed by atoms with van der Waals surface area (Å²) in [5.41, 5.74) is 4.66. The molecule has 2 bridgehead atoms. The van der Waals surface area contributed by atoms with Crippen LogP contribution in [-0.4, -0.2) is 23.4 Å². The van der Waals surface area contributed by atoms with Gasteiger partial charge in [0.2, 0.25) is 5.91 Å². The fourth-order valence-electron chi connectivity index (χ4n) is 5.29. The van der Waals surface area contributed by atoms with Gasteiger partial charge in [0.05, 0.1) is 12.6 Å². The lowest BCUT2D eigenvalue weighted by atomic mass is 9.78. The number of carbonyl (C=O) groups excluding carboxylic acids is 1. The van der Waals surface area contributed by atoms with Crippen LogP contribution < -0.4 is 25.0 Å². The van der Waals surface area contributed by atoms with E-state index in [9.17, 15) is 4.79 Å². The molecular formula is C29H31N3O3S. The van der Waals surface area contributed by atoms with Crippen LogP contribution >= 0.6 is 12.2 Å². The van der Waals surface area contributed by atoms with Crippen molar-refractivity contribution in [2.75, 3.05) is 16.8 Å². The number of nitrogens with one attached hydrogen (secondary N) is 2. The standard InChI is InChI=1S/C29H31N3O3S/c1-6-34-23-9-7-8-21-25-24(27(33)30-22-15-12-18(3)16-19(22)4)29(5,35-26(21)23)32(28(36)31-25)20-13-10-17(2)11-14-20/h7-16,24-25H,6H2,1-5H3,(H,30,33)(H,31,36)/t24-,25-,29-/m1/s1. The van der Waals surface area contributed by atoms with E-state index in [1.54, 1.807) is 0 Å². The number of hydrogen-bond acceptors (Lipinski definition) is 4. The molecule has 2 heterocycles. The molecule has 186 valence electrons. The van der Waals surface area contributed by atoms with Crippen molar-refractivity contribution in [3.05, 3.63) is 82.9 Å². The molecule has 3 atom stereocenters. The zero-order chi connectivity index (χ0) is 25.6. The van der Waals surface area contributed by atoms with Crippen molar-refractivity contribution in [2.45, 2.75) is 46.4 Å². The average Bonchev–Trinajstić information content (AvgIpc) is 2.82. The number of anilines is 2. The van der Waals surface area contributed by atoms with E-state index < -0.39 is 11.6 Å². The van der Waals surface area contributed by atoms with Crippen LogP contribution in [-0.2, 0) is 4.79 Å². The lowest BCUT2D eigenvalue weighted by Gasteiger charge is -2.56. The molecule has 2 aliphatic rings. The summed E-state index contributed by atoms with van der Waals surface area (Å²) in [7, 11) is 0.